The third kappa shape index (κ3) is 8.18. The molecule has 23 heavy (non-hydrogen) atoms. The molecule has 0 aromatic rings. The Balaban J connectivity index is 5.00. The summed E-state index contributed by atoms with van der Waals surface area (Å²) < 4.78 is 10.2. The van der Waals surface area contributed by atoms with Crippen molar-refractivity contribution in [2.45, 2.75) is 53.6 Å². The molecule has 0 aliphatic carbocycles. The third-order valence-corrected chi connectivity index (χ3v) is 2.94. The van der Waals surface area contributed by atoms with Crippen molar-refractivity contribution in [1.29, 1.82) is 0 Å². The molecule has 8 nitrogen and oxygen atoms in total. The first-order valence-electron chi connectivity index (χ1n) is 7.04. The molecular formula is C15H24O8. The zero-order chi connectivity index (χ0) is 18.4. The van der Waals surface area contributed by atoms with E-state index in [-0.39, 0.29) is 6.61 Å². The number of carbonyl (C=O) groups excluding carboxylic acids is 2. The second-order valence-corrected chi connectivity index (χ2v) is 7.03. The molecule has 0 rings (SSSR count). The van der Waals surface area contributed by atoms with Gasteiger partial charge in [-0.2, -0.15) is 0 Å². The molecule has 0 amide bonds. The normalized spacial score (nSPS) is 13.1. The quantitative estimate of drug-likeness (QED) is 0.505. The van der Waals surface area contributed by atoms with Crippen LogP contribution in [0.5, 0.6) is 0 Å². The summed E-state index contributed by atoms with van der Waals surface area (Å²) in [5.41, 5.74) is -1.38. The second kappa shape index (κ2) is 7.94. The molecule has 1 unspecified atom stereocenters. The van der Waals surface area contributed by atoms with Crippen LogP contribution < -0.4 is 0 Å². The summed E-state index contributed by atoms with van der Waals surface area (Å²) in [6.07, 6.45) is -2.25. The van der Waals surface area contributed by atoms with Gasteiger partial charge in [-0.05, 0) is 5.41 Å². The summed E-state index contributed by atoms with van der Waals surface area (Å²) in [6.45, 7) is 8.60. The summed E-state index contributed by atoms with van der Waals surface area (Å²) in [5, 5.41) is 17.2. The number of carbonyl (C=O) groups is 4. The number of aliphatic carboxylic acids is 2. The number of carboxylic acids is 2. The van der Waals surface area contributed by atoms with Crippen molar-refractivity contribution in [1.82, 2.24) is 0 Å². The summed E-state index contributed by atoms with van der Waals surface area (Å²) in [6, 6.07) is 0. The van der Waals surface area contributed by atoms with Crippen LogP contribution in [0.2, 0.25) is 0 Å². The van der Waals surface area contributed by atoms with Crippen LogP contribution >= 0.6 is 0 Å². The van der Waals surface area contributed by atoms with Crippen LogP contribution in [0.3, 0.4) is 0 Å². The van der Waals surface area contributed by atoms with Crippen molar-refractivity contribution in [3.8, 4) is 0 Å². The van der Waals surface area contributed by atoms with Crippen molar-refractivity contribution in [2.75, 3.05) is 6.61 Å². The minimum atomic E-state index is -1.30. The van der Waals surface area contributed by atoms with Crippen LogP contribution in [0.1, 0.15) is 47.5 Å². The lowest BCUT2D eigenvalue weighted by molar-refractivity contribution is -0.174. The Labute approximate surface area is 134 Å². The number of esters is 2. The maximum absolute atomic E-state index is 11.7. The average molecular weight is 332 g/mol. The molecule has 132 valence electrons. The second-order valence-electron chi connectivity index (χ2n) is 7.03. The molecule has 0 bridgehead atoms. The SMILES string of the molecule is CC(C)(C)C(OC(=O)CC(=O)O)C(C)(C)COC(=O)CC(=O)O. The highest BCUT2D eigenvalue weighted by atomic mass is 16.6. The summed E-state index contributed by atoms with van der Waals surface area (Å²) >= 11 is 0. The monoisotopic (exact) mass is 332 g/mol. The van der Waals surface area contributed by atoms with Gasteiger partial charge in [-0.15, -0.1) is 0 Å². The average Bonchev–Trinajstić information content (AvgIpc) is 2.30. The standard InChI is InChI=1S/C15H24O8/c1-14(2,3)13(23-12(21)7-10(18)19)15(4,5)8-22-11(20)6-9(16)17/h13H,6-8H2,1-5H3,(H,16,17)(H,18,19). The number of hydrogen-bond donors (Lipinski definition) is 2. The molecule has 0 aromatic carbocycles. The van der Waals surface area contributed by atoms with Crippen molar-refractivity contribution >= 4 is 23.9 Å². The summed E-state index contributed by atoms with van der Waals surface area (Å²) in [4.78, 5) is 44.0. The molecule has 0 saturated carbocycles. The molecule has 8 heteroatoms. The number of carboxylic acid groups (broad SMARTS) is 2. The Bertz CT molecular complexity index is 472. The molecule has 0 heterocycles. The number of rotatable bonds is 8. The van der Waals surface area contributed by atoms with Gasteiger partial charge in [0.25, 0.3) is 0 Å². The lowest BCUT2D eigenvalue weighted by atomic mass is 9.73. The van der Waals surface area contributed by atoms with Gasteiger partial charge in [-0.1, -0.05) is 34.6 Å². The van der Waals surface area contributed by atoms with E-state index in [0.717, 1.165) is 0 Å². The zero-order valence-corrected chi connectivity index (χ0v) is 14.0. The number of hydrogen-bond acceptors (Lipinski definition) is 6. The van der Waals surface area contributed by atoms with Crippen molar-refractivity contribution in [3.05, 3.63) is 0 Å². The largest absolute Gasteiger partial charge is 0.481 e. The van der Waals surface area contributed by atoms with Crippen LogP contribution in [-0.4, -0.2) is 46.8 Å². The van der Waals surface area contributed by atoms with E-state index in [9.17, 15) is 19.2 Å². The molecule has 0 spiro atoms. The molecular weight excluding hydrogens is 308 g/mol. The Morgan fingerprint density at radius 1 is 0.870 bits per heavy atom. The Morgan fingerprint density at radius 3 is 1.70 bits per heavy atom. The smallest absolute Gasteiger partial charge is 0.317 e. The van der Waals surface area contributed by atoms with Gasteiger partial charge >= 0.3 is 23.9 Å². The van der Waals surface area contributed by atoms with Gasteiger partial charge in [0.15, 0.2) is 0 Å². The van der Waals surface area contributed by atoms with E-state index in [4.69, 9.17) is 19.7 Å². The van der Waals surface area contributed by atoms with Gasteiger partial charge in [0.1, 0.15) is 18.9 Å². The van der Waals surface area contributed by atoms with E-state index in [2.05, 4.69) is 0 Å². The van der Waals surface area contributed by atoms with Gasteiger partial charge < -0.3 is 19.7 Å². The van der Waals surface area contributed by atoms with E-state index in [1.54, 1.807) is 34.6 Å². The van der Waals surface area contributed by atoms with Crippen molar-refractivity contribution < 1.29 is 38.9 Å². The first-order valence-corrected chi connectivity index (χ1v) is 7.04. The molecule has 0 saturated heterocycles. The first-order chi connectivity index (χ1) is 10.3. The van der Waals surface area contributed by atoms with E-state index in [0.29, 0.717) is 0 Å². The maximum atomic E-state index is 11.7. The van der Waals surface area contributed by atoms with Crippen LogP contribution in [0.15, 0.2) is 0 Å². The van der Waals surface area contributed by atoms with Crippen molar-refractivity contribution in [3.63, 3.8) is 0 Å². The molecule has 0 fully saturated rings. The van der Waals surface area contributed by atoms with Crippen LogP contribution in [-0.2, 0) is 28.7 Å². The molecule has 0 aromatic heterocycles. The van der Waals surface area contributed by atoms with E-state index >= 15 is 0 Å². The topological polar surface area (TPSA) is 127 Å². The highest BCUT2D eigenvalue weighted by Gasteiger charge is 2.42. The summed E-state index contributed by atoms with van der Waals surface area (Å²) in [5.74, 6) is -4.38. The van der Waals surface area contributed by atoms with Gasteiger partial charge in [0.2, 0.25) is 0 Å². The van der Waals surface area contributed by atoms with Crippen LogP contribution in [0.25, 0.3) is 0 Å². The molecule has 1 atom stereocenters. The maximum Gasteiger partial charge on any atom is 0.317 e. The third-order valence-electron chi connectivity index (χ3n) is 2.94. The van der Waals surface area contributed by atoms with E-state index < -0.39 is 53.7 Å². The Kier molecular flexibility index (Phi) is 7.21. The Morgan fingerprint density at radius 2 is 1.30 bits per heavy atom. The fraction of sp³-hybridized carbons (Fsp3) is 0.733. The van der Waals surface area contributed by atoms with E-state index in [1.165, 1.54) is 0 Å². The highest BCUT2D eigenvalue weighted by Crippen LogP contribution is 2.37. The molecule has 0 aliphatic rings. The lowest BCUT2D eigenvalue weighted by Gasteiger charge is -2.41. The van der Waals surface area contributed by atoms with Gasteiger partial charge in [-0.25, -0.2) is 0 Å². The van der Waals surface area contributed by atoms with Crippen LogP contribution in [0, 0.1) is 10.8 Å². The predicted octanol–water partition coefficient (Wildman–Crippen LogP) is 1.46. The minimum absolute atomic E-state index is 0.165. The number of ether oxygens (including phenoxy) is 2. The highest BCUT2D eigenvalue weighted by molar-refractivity contribution is 5.90. The van der Waals surface area contributed by atoms with Gasteiger partial charge in [0.05, 0.1) is 6.61 Å². The fourth-order valence-corrected chi connectivity index (χ4v) is 2.32. The first kappa shape index (κ1) is 20.9. The predicted molar refractivity (Wildman–Crippen MR) is 78.6 cm³/mol. The Hall–Kier alpha value is -2.12. The van der Waals surface area contributed by atoms with Gasteiger partial charge in [-0.3, -0.25) is 19.2 Å². The zero-order valence-electron chi connectivity index (χ0n) is 14.0. The molecule has 0 radical (unpaired) electrons. The summed E-state index contributed by atoms with van der Waals surface area (Å²) in [7, 11) is 0. The lowest BCUT2D eigenvalue weighted by Crippen LogP contribution is -2.46. The molecule has 0 aliphatic heterocycles. The van der Waals surface area contributed by atoms with E-state index in [1.807, 2.05) is 0 Å². The fourth-order valence-electron chi connectivity index (χ4n) is 2.32. The minimum Gasteiger partial charge on any atom is -0.481 e. The van der Waals surface area contributed by atoms with Crippen LogP contribution in [0.4, 0.5) is 0 Å². The van der Waals surface area contributed by atoms with Gasteiger partial charge in [0, 0.05) is 5.41 Å². The molecule has 2 N–H and O–H groups in total. The van der Waals surface area contributed by atoms with Crippen molar-refractivity contribution in [2.24, 2.45) is 10.8 Å².